The van der Waals surface area contributed by atoms with E-state index >= 15 is 0 Å². The molecule has 31 heavy (non-hydrogen) atoms. The minimum absolute atomic E-state index is 0.107. The summed E-state index contributed by atoms with van der Waals surface area (Å²) in [7, 11) is -2.17. The first kappa shape index (κ1) is 22.4. The molecule has 0 atom stereocenters. The van der Waals surface area contributed by atoms with Gasteiger partial charge in [0.05, 0.1) is 11.4 Å². The smallest absolute Gasteiger partial charge is 0.269 e. The van der Waals surface area contributed by atoms with Gasteiger partial charge in [-0.1, -0.05) is 25.6 Å². The zero-order chi connectivity index (χ0) is 22.8. The minimum atomic E-state index is -3.65. The van der Waals surface area contributed by atoms with Crippen molar-refractivity contribution in [1.82, 2.24) is 9.78 Å². The van der Waals surface area contributed by atoms with Crippen LogP contribution < -0.4 is 10.3 Å². The van der Waals surface area contributed by atoms with Gasteiger partial charge in [0.15, 0.2) is 21.4 Å². The standard InChI is InChI=1S/C22H20F2N2O4S/c1-4-14-11-18(25-26(3)22(14)27)21-15(13-31(28,29)5-2)7-6-8-20(21)30-19-10-9-16(23)12-17(19)24/h5-12H,2,4,13H2,1,3H3. The lowest BCUT2D eigenvalue weighted by Crippen LogP contribution is -2.23. The molecule has 6 nitrogen and oxygen atoms in total. The highest BCUT2D eigenvalue weighted by atomic mass is 32.2. The maximum Gasteiger partial charge on any atom is 0.269 e. The van der Waals surface area contributed by atoms with Crippen LogP contribution in [0.15, 0.2) is 59.2 Å². The maximum absolute atomic E-state index is 14.2. The van der Waals surface area contributed by atoms with Crippen LogP contribution in [0, 0.1) is 11.6 Å². The summed E-state index contributed by atoms with van der Waals surface area (Å²) in [5.74, 6) is -2.22. The minimum Gasteiger partial charge on any atom is -0.454 e. The van der Waals surface area contributed by atoms with Crippen molar-refractivity contribution in [3.63, 3.8) is 0 Å². The lowest BCUT2D eigenvalue weighted by molar-refractivity contribution is 0.438. The van der Waals surface area contributed by atoms with Crippen molar-refractivity contribution in [2.75, 3.05) is 0 Å². The number of hydrogen-bond donors (Lipinski definition) is 0. The van der Waals surface area contributed by atoms with Crippen LogP contribution >= 0.6 is 0 Å². The normalized spacial score (nSPS) is 11.4. The van der Waals surface area contributed by atoms with Gasteiger partial charge in [0.2, 0.25) is 0 Å². The summed E-state index contributed by atoms with van der Waals surface area (Å²) in [6.45, 7) is 5.13. The van der Waals surface area contributed by atoms with Crippen molar-refractivity contribution < 1.29 is 21.9 Å². The molecule has 9 heteroatoms. The Morgan fingerprint density at radius 3 is 2.52 bits per heavy atom. The van der Waals surface area contributed by atoms with Gasteiger partial charge < -0.3 is 4.74 Å². The monoisotopic (exact) mass is 446 g/mol. The number of benzene rings is 2. The van der Waals surface area contributed by atoms with E-state index in [9.17, 15) is 22.0 Å². The molecule has 0 aliphatic rings. The molecule has 3 rings (SSSR count). The summed E-state index contributed by atoms with van der Waals surface area (Å²) in [5, 5.41) is 5.10. The van der Waals surface area contributed by atoms with E-state index in [-0.39, 0.29) is 28.3 Å². The average molecular weight is 446 g/mol. The predicted octanol–water partition coefficient (Wildman–Crippen LogP) is 4.14. The summed E-state index contributed by atoms with van der Waals surface area (Å²) >= 11 is 0. The zero-order valence-electron chi connectivity index (χ0n) is 16.9. The van der Waals surface area contributed by atoms with Gasteiger partial charge in [0, 0.05) is 29.6 Å². The van der Waals surface area contributed by atoms with E-state index in [1.165, 1.54) is 13.1 Å². The Labute approximate surface area is 178 Å². The van der Waals surface area contributed by atoms with E-state index in [4.69, 9.17) is 4.74 Å². The summed E-state index contributed by atoms with van der Waals surface area (Å²) in [4.78, 5) is 12.3. The maximum atomic E-state index is 14.2. The number of hydrogen-bond acceptors (Lipinski definition) is 5. The molecule has 0 fully saturated rings. The molecular weight excluding hydrogens is 426 g/mol. The highest BCUT2D eigenvalue weighted by Gasteiger charge is 2.20. The first-order valence-electron chi connectivity index (χ1n) is 9.32. The van der Waals surface area contributed by atoms with E-state index in [1.54, 1.807) is 25.1 Å². The molecule has 0 aliphatic heterocycles. The average Bonchev–Trinajstić information content (AvgIpc) is 2.72. The van der Waals surface area contributed by atoms with Gasteiger partial charge in [-0.25, -0.2) is 21.9 Å². The molecule has 0 spiro atoms. The summed E-state index contributed by atoms with van der Waals surface area (Å²) < 4.78 is 58.8. The largest absolute Gasteiger partial charge is 0.454 e. The van der Waals surface area contributed by atoms with Gasteiger partial charge in [0.1, 0.15) is 11.6 Å². The van der Waals surface area contributed by atoms with Crippen LogP contribution in [0.25, 0.3) is 11.3 Å². The lowest BCUT2D eigenvalue weighted by Gasteiger charge is -2.16. The van der Waals surface area contributed by atoms with Gasteiger partial charge in [-0.2, -0.15) is 5.10 Å². The topological polar surface area (TPSA) is 78.3 Å². The Hall–Kier alpha value is -3.33. The second-order valence-electron chi connectivity index (χ2n) is 6.78. The zero-order valence-corrected chi connectivity index (χ0v) is 17.7. The predicted molar refractivity (Wildman–Crippen MR) is 114 cm³/mol. The van der Waals surface area contributed by atoms with Crippen molar-refractivity contribution in [3.05, 3.63) is 87.6 Å². The Bertz CT molecular complexity index is 1320. The highest BCUT2D eigenvalue weighted by Crippen LogP contribution is 2.37. The molecule has 0 saturated heterocycles. The van der Waals surface area contributed by atoms with Crippen molar-refractivity contribution in [2.24, 2.45) is 7.05 Å². The number of halogens is 2. The molecule has 3 aromatic rings. The van der Waals surface area contributed by atoms with Crippen molar-refractivity contribution in [1.29, 1.82) is 0 Å². The summed E-state index contributed by atoms with van der Waals surface area (Å²) in [6.07, 6.45) is 0.429. The molecule has 0 bridgehead atoms. The quantitative estimate of drug-likeness (QED) is 0.545. The molecular formula is C22H20F2N2O4S. The third kappa shape index (κ3) is 4.88. The van der Waals surface area contributed by atoms with E-state index in [0.717, 1.165) is 22.2 Å². The van der Waals surface area contributed by atoms with Crippen LogP contribution in [0.4, 0.5) is 8.78 Å². The Morgan fingerprint density at radius 1 is 1.13 bits per heavy atom. The molecule has 1 heterocycles. The number of sulfone groups is 1. The van der Waals surface area contributed by atoms with Gasteiger partial charge in [0.25, 0.3) is 5.56 Å². The van der Waals surface area contributed by atoms with Crippen LogP contribution in [0.5, 0.6) is 11.5 Å². The third-order valence-corrected chi connectivity index (χ3v) is 5.83. The summed E-state index contributed by atoms with van der Waals surface area (Å²) in [5.41, 5.74) is 1.07. The van der Waals surface area contributed by atoms with Gasteiger partial charge >= 0.3 is 0 Å². The number of rotatable bonds is 7. The Morgan fingerprint density at radius 2 is 1.87 bits per heavy atom. The highest BCUT2D eigenvalue weighted by molar-refractivity contribution is 7.93. The molecule has 162 valence electrons. The van der Waals surface area contributed by atoms with Crippen LogP contribution in [0.3, 0.4) is 0 Å². The summed E-state index contributed by atoms with van der Waals surface area (Å²) in [6, 6.07) is 9.05. The van der Waals surface area contributed by atoms with E-state index in [0.29, 0.717) is 23.6 Å². The Kier molecular flexibility index (Phi) is 6.35. The number of aryl methyl sites for hydroxylation is 2. The van der Waals surface area contributed by atoms with Crippen molar-refractivity contribution in [2.45, 2.75) is 19.1 Å². The van der Waals surface area contributed by atoms with Crippen LogP contribution in [-0.2, 0) is 29.1 Å². The first-order valence-corrected chi connectivity index (χ1v) is 11.0. The third-order valence-electron chi connectivity index (χ3n) is 4.61. The van der Waals surface area contributed by atoms with Crippen molar-refractivity contribution in [3.8, 4) is 22.8 Å². The molecule has 0 amide bonds. The second-order valence-corrected chi connectivity index (χ2v) is 8.73. The molecule has 2 aromatic carbocycles. The molecule has 0 aliphatic carbocycles. The van der Waals surface area contributed by atoms with E-state index < -0.39 is 27.2 Å². The van der Waals surface area contributed by atoms with Gasteiger partial charge in [-0.05, 0) is 36.2 Å². The molecule has 0 radical (unpaired) electrons. The van der Waals surface area contributed by atoms with Gasteiger partial charge in [-0.15, -0.1) is 0 Å². The lowest BCUT2D eigenvalue weighted by atomic mass is 10.0. The van der Waals surface area contributed by atoms with Gasteiger partial charge in [-0.3, -0.25) is 4.79 Å². The van der Waals surface area contributed by atoms with Crippen LogP contribution in [-0.4, -0.2) is 18.2 Å². The Balaban J connectivity index is 2.26. The number of aromatic nitrogens is 2. The first-order chi connectivity index (χ1) is 14.6. The van der Waals surface area contributed by atoms with E-state index in [2.05, 4.69) is 11.7 Å². The van der Waals surface area contributed by atoms with E-state index in [1.807, 2.05) is 0 Å². The fraction of sp³-hybridized carbons (Fsp3) is 0.182. The fourth-order valence-electron chi connectivity index (χ4n) is 3.07. The molecule has 0 unspecified atom stereocenters. The van der Waals surface area contributed by atoms with Crippen molar-refractivity contribution >= 4 is 9.84 Å². The fourth-order valence-corrected chi connectivity index (χ4v) is 3.86. The SMILES string of the molecule is C=CS(=O)(=O)Cc1cccc(Oc2ccc(F)cc2F)c1-c1cc(CC)c(=O)n(C)n1. The van der Waals surface area contributed by atoms with Crippen LogP contribution in [0.1, 0.15) is 18.1 Å². The molecule has 1 aromatic heterocycles. The number of nitrogens with zero attached hydrogens (tertiary/aromatic N) is 2. The molecule has 0 N–H and O–H groups in total. The number of ether oxygens (including phenoxy) is 1. The second kappa shape index (κ2) is 8.81. The van der Waals surface area contributed by atoms with Crippen LogP contribution in [0.2, 0.25) is 0 Å². The molecule has 0 saturated carbocycles.